The fourth-order valence-electron chi connectivity index (χ4n) is 3.29. The van der Waals surface area contributed by atoms with Crippen LogP contribution in [0.2, 0.25) is 0 Å². The van der Waals surface area contributed by atoms with Gasteiger partial charge in [-0.1, -0.05) is 12.1 Å². The van der Waals surface area contributed by atoms with Crippen LogP contribution in [0.3, 0.4) is 0 Å². The second-order valence-corrected chi connectivity index (χ2v) is 7.67. The fraction of sp³-hybridized carbons (Fsp3) is 0.300. The third kappa shape index (κ3) is 4.75. The molecule has 1 saturated heterocycles. The van der Waals surface area contributed by atoms with Crippen molar-refractivity contribution < 1.29 is 4.79 Å². The van der Waals surface area contributed by atoms with Gasteiger partial charge in [-0.05, 0) is 29.5 Å². The zero-order chi connectivity index (χ0) is 18.5. The highest BCUT2D eigenvalue weighted by molar-refractivity contribution is 7.13. The summed E-state index contributed by atoms with van der Waals surface area (Å²) in [5.74, 6) is 0.903. The van der Waals surface area contributed by atoms with Gasteiger partial charge in [0.25, 0.3) is 0 Å². The highest BCUT2D eigenvalue weighted by atomic mass is 32.1. The number of pyridine rings is 1. The van der Waals surface area contributed by atoms with E-state index in [1.165, 1.54) is 0 Å². The molecule has 7 heteroatoms. The summed E-state index contributed by atoms with van der Waals surface area (Å²) < 4.78 is 0. The first-order chi connectivity index (χ1) is 13.3. The third-order valence-corrected chi connectivity index (χ3v) is 5.41. The average molecular weight is 379 g/mol. The van der Waals surface area contributed by atoms with Crippen LogP contribution in [0.4, 0.5) is 0 Å². The van der Waals surface area contributed by atoms with E-state index >= 15 is 0 Å². The van der Waals surface area contributed by atoms with Gasteiger partial charge in [0.05, 0.1) is 4.88 Å². The summed E-state index contributed by atoms with van der Waals surface area (Å²) in [6.45, 7) is 2.30. The maximum atomic E-state index is 11.5. The number of hydrogen-bond acceptors (Lipinski definition) is 6. The zero-order valence-corrected chi connectivity index (χ0v) is 15.7. The number of aromatic nitrogens is 3. The first-order valence-corrected chi connectivity index (χ1v) is 9.89. The minimum atomic E-state index is 0.143. The molecule has 0 bridgehead atoms. The van der Waals surface area contributed by atoms with E-state index in [1.807, 2.05) is 42.2 Å². The molecule has 1 N–H and O–H groups in total. The quantitative estimate of drug-likeness (QED) is 0.683. The highest BCUT2D eigenvalue weighted by Crippen LogP contribution is 2.21. The average Bonchev–Trinajstić information content (AvgIpc) is 3.35. The highest BCUT2D eigenvalue weighted by Gasteiger charge is 2.23. The van der Waals surface area contributed by atoms with Crippen molar-refractivity contribution in [1.29, 1.82) is 0 Å². The van der Waals surface area contributed by atoms with Crippen molar-refractivity contribution in [1.82, 2.24) is 25.2 Å². The van der Waals surface area contributed by atoms with Gasteiger partial charge in [-0.25, -0.2) is 9.97 Å². The van der Waals surface area contributed by atoms with Crippen molar-refractivity contribution >= 4 is 17.2 Å². The van der Waals surface area contributed by atoms with Crippen molar-refractivity contribution in [3.05, 3.63) is 65.6 Å². The molecule has 0 saturated carbocycles. The molecule has 1 fully saturated rings. The first kappa shape index (κ1) is 17.8. The van der Waals surface area contributed by atoms with E-state index in [4.69, 9.17) is 0 Å². The molecular weight excluding hydrogens is 358 g/mol. The summed E-state index contributed by atoms with van der Waals surface area (Å²) in [6.07, 6.45) is 8.95. The number of nitrogens with zero attached hydrogens (tertiary/aromatic N) is 4. The lowest BCUT2D eigenvalue weighted by molar-refractivity contribution is -0.119. The summed E-state index contributed by atoms with van der Waals surface area (Å²) in [5.41, 5.74) is 2.21. The van der Waals surface area contributed by atoms with Gasteiger partial charge in [0, 0.05) is 62.4 Å². The maximum absolute atomic E-state index is 11.5. The molecule has 1 atom stereocenters. The van der Waals surface area contributed by atoms with E-state index in [9.17, 15) is 4.79 Å². The van der Waals surface area contributed by atoms with Gasteiger partial charge in [0.1, 0.15) is 0 Å². The van der Waals surface area contributed by atoms with E-state index < -0.39 is 0 Å². The second-order valence-electron chi connectivity index (χ2n) is 6.73. The maximum Gasteiger partial charge on any atom is 0.220 e. The molecule has 138 valence electrons. The van der Waals surface area contributed by atoms with Gasteiger partial charge < -0.3 is 5.32 Å². The van der Waals surface area contributed by atoms with Crippen LogP contribution in [0.25, 0.3) is 10.7 Å². The van der Waals surface area contributed by atoms with Crippen LogP contribution in [0.5, 0.6) is 0 Å². The molecule has 0 aliphatic carbocycles. The minimum absolute atomic E-state index is 0.143. The van der Waals surface area contributed by atoms with Crippen LogP contribution in [-0.2, 0) is 17.9 Å². The Balaban J connectivity index is 1.46. The van der Waals surface area contributed by atoms with Crippen LogP contribution in [0.1, 0.15) is 24.0 Å². The molecule has 0 aromatic carbocycles. The Morgan fingerprint density at radius 1 is 1.11 bits per heavy atom. The molecule has 1 aliphatic rings. The number of carbonyl (C=O) groups excluding carboxylic acids is 1. The molecule has 0 spiro atoms. The van der Waals surface area contributed by atoms with E-state index in [0.29, 0.717) is 6.42 Å². The van der Waals surface area contributed by atoms with E-state index in [-0.39, 0.29) is 11.9 Å². The monoisotopic (exact) mass is 379 g/mol. The summed E-state index contributed by atoms with van der Waals surface area (Å²) in [5, 5.41) is 5.08. The molecule has 4 rings (SSSR count). The van der Waals surface area contributed by atoms with Crippen LogP contribution in [0, 0.1) is 0 Å². The molecule has 0 radical (unpaired) electrons. The van der Waals surface area contributed by atoms with Gasteiger partial charge in [-0.2, -0.15) is 0 Å². The number of rotatable bonds is 7. The van der Waals surface area contributed by atoms with Crippen molar-refractivity contribution in [2.75, 3.05) is 6.54 Å². The third-order valence-electron chi connectivity index (χ3n) is 4.55. The molecule has 1 amide bonds. The molecule has 3 aromatic rings. The Kier molecular flexibility index (Phi) is 5.50. The smallest absolute Gasteiger partial charge is 0.220 e. The van der Waals surface area contributed by atoms with Crippen molar-refractivity contribution in [2.24, 2.45) is 0 Å². The van der Waals surface area contributed by atoms with Gasteiger partial charge in [0.2, 0.25) is 5.91 Å². The predicted octanol–water partition coefficient (Wildman–Crippen LogP) is 2.88. The largest absolute Gasteiger partial charge is 0.352 e. The molecule has 1 aliphatic heterocycles. The summed E-state index contributed by atoms with van der Waals surface area (Å²) in [4.78, 5) is 28.2. The first-order valence-electron chi connectivity index (χ1n) is 9.02. The lowest BCUT2D eigenvalue weighted by atomic mass is 10.1. The fourth-order valence-corrected chi connectivity index (χ4v) is 3.96. The van der Waals surface area contributed by atoms with Gasteiger partial charge in [-0.15, -0.1) is 11.3 Å². The molecule has 6 nitrogen and oxygen atoms in total. The number of nitrogens with one attached hydrogen (secondary N) is 1. The summed E-state index contributed by atoms with van der Waals surface area (Å²) in [6, 6.07) is 8.24. The Labute approximate surface area is 162 Å². The van der Waals surface area contributed by atoms with Crippen molar-refractivity contribution in [2.45, 2.75) is 32.0 Å². The lowest BCUT2D eigenvalue weighted by Crippen LogP contribution is -2.38. The topological polar surface area (TPSA) is 71.0 Å². The SMILES string of the molecule is O=C1CC[C@@H](CN(Cc2cccnc2)Cc2cnc(-c3cccs3)nc2)N1. The normalized spacial score (nSPS) is 16.6. The lowest BCUT2D eigenvalue weighted by Gasteiger charge is -2.25. The van der Waals surface area contributed by atoms with Gasteiger partial charge in [0.15, 0.2) is 5.82 Å². The van der Waals surface area contributed by atoms with E-state index in [0.717, 1.165) is 47.9 Å². The summed E-state index contributed by atoms with van der Waals surface area (Å²) in [7, 11) is 0. The number of amides is 1. The molecule has 27 heavy (non-hydrogen) atoms. The Bertz CT molecular complexity index is 867. The summed E-state index contributed by atoms with van der Waals surface area (Å²) >= 11 is 1.64. The zero-order valence-electron chi connectivity index (χ0n) is 14.9. The number of carbonyl (C=O) groups is 1. The molecular formula is C20H21N5OS. The molecule has 4 heterocycles. The van der Waals surface area contributed by atoms with Gasteiger partial charge in [-0.3, -0.25) is 14.7 Å². The van der Waals surface area contributed by atoms with Crippen molar-refractivity contribution in [3.8, 4) is 10.7 Å². The molecule has 0 unspecified atom stereocenters. The van der Waals surface area contributed by atoms with Gasteiger partial charge >= 0.3 is 0 Å². The van der Waals surface area contributed by atoms with E-state index in [2.05, 4.69) is 31.2 Å². The molecule has 3 aromatic heterocycles. The van der Waals surface area contributed by atoms with E-state index in [1.54, 1.807) is 17.5 Å². The second kappa shape index (κ2) is 8.37. The van der Waals surface area contributed by atoms with Crippen LogP contribution < -0.4 is 5.32 Å². The Morgan fingerprint density at radius 3 is 2.63 bits per heavy atom. The van der Waals surface area contributed by atoms with Crippen LogP contribution >= 0.6 is 11.3 Å². The van der Waals surface area contributed by atoms with Crippen LogP contribution in [-0.4, -0.2) is 38.3 Å². The standard InChI is InChI=1S/C20H21N5OS/c26-19-6-5-17(24-19)14-25(12-15-3-1-7-21-9-15)13-16-10-22-20(23-11-16)18-4-2-8-27-18/h1-4,7-11,17H,5-6,12-14H2,(H,24,26)/t17-/m0/s1. The predicted molar refractivity (Wildman–Crippen MR) is 105 cm³/mol. The Hall–Kier alpha value is -2.64. The van der Waals surface area contributed by atoms with Crippen LogP contribution in [0.15, 0.2) is 54.4 Å². The number of hydrogen-bond donors (Lipinski definition) is 1. The van der Waals surface area contributed by atoms with Crippen molar-refractivity contribution in [3.63, 3.8) is 0 Å². The minimum Gasteiger partial charge on any atom is -0.352 e. The number of thiophene rings is 1. The Morgan fingerprint density at radius 2 is 1.96 bits per heavy atom.